The lowest BCUT2D eigenvalue weighted by Gasteiger charge is -2.14. The molecule has 2 heterocycles. The first-order valence-corrected chi connectivity index (χ1v) is 8.72. The SMILES string of the molecule is CN1CCC(Nc2ncnc3ccc(S(C)(=O)=O)cc23)C1=O. The van der Waals surface area contributed by atoms with E-state index >= 15 is 0 Å². The summed E-state index contributed by atoms with van der Waals surface area (Å²) in [5.41, 5.74) is 0.628. The van der Waals surface area contributed by atoms with Crippen LogP contribution in [-0.2, 0) is 14.6 Å². The van der Waals surface area contributed by atoms with Crippen molar-refractivity contribution in [1.82, 2.24) is 14.9 Å². The van der Waals surface area contributed by atoms with E-state index in [2.05, 4.69) is 15.3 Å². The van der Waals surface area contributed by atoms with Gasteiger partial charge in [-0.2, -0.15) is 0 Å². The van der Waals surface area contributed by atoms with Crippen LogP contribution in [0.25, 0.3) is 10.9 Å². The van der Waals surface area contributed by atoms with Crippen LogP contribution < -0.4 is 5.32 Å². The van der Waals surface area contributed by atoms with Crippen LogP contribution in [0.15, 0.2) is 29.4 Å². The molecule has 1 fully saturated rings. The lowest BCUT2D eigenvalue weighted by atomic mass is 10.2. The largest absolute Gasteiger partial charge is 0.358 e. The number of sulfone groups is 1. The number of likely N-dealkylation sites (N-methyl/N-ethyl adjacent to an activating group) is 1. The molecule has 0 bridgehead atoms. The molecule has 2 aromatic rings. The van der Waals surface area contributed by atoms with E-state index in [9.17, 15) is 13.2 Å². The maximum atomic E-state index is 12.0. The van der Waals surface area contributed by atoms with Crippen molar-refractivity contribution in [2.24, 2.45) is 0 Å². The lowest BCUT2D eigenvalue weighted by molar-refractivity contribution is -0.127. The van der Waals surface area contributed by atoms with E-state index in [-0.39, 0.29) is 16.8 Å². The summed E-state index contributed by atoms with van der Waals surface area (Å²) in [6.45, 7) is 0.689. The summed E-state index contributed by atoms with van der Waals surface area (Å²) in [5, 5.41) is 3.70. The van der Waals surface area contributed by atoms with Crippen LogP contribution in [0.2, 0.25) is 0 Å². The summed E-state index contributed by atoms with van der Waals surface area (Å²) in [6, 6.07) is 4.35. The van der Waals surface area contributed by atoms with Gasteiger partial charge in [-0.25, -0.2) is 18.4 Å². The molecular formula is C14H16N4O3S. The number of carbonyl (C=O) groups excluding carboxylic acids is 1. The third kappa shape index (κ3) is 2.61. The Morgan fingerprint density at radius 1 is 1.32 bits per heavy atom. The monoisotopic (exact) mass is 320 g/mol. The molecule has 1 unspecified atom stereocenters. The minimum Gasteiger partial charge on any atom is -0.358 e. The third-order valence-electron chi connectivity index (χ3n) is 3.77. The Morgan fingerprint density at radius 3 is 2.73 bits per heavy atom. The van der Waals surface area contributed by atoms with Crippen molar-refractivity contribution in [2.75, 3.05) is 25.2 Å². The molecule has 1 N–H and O–H groups in total. The second-order valence-corrected chi connectivity index (χ2v) is 7.43. The summed E-state index contributed by atoms with van der Waals surface area (Å²) in [6.07, 6.45) is 3.24. The van der Waals surface area contributed by atoms with Gasteiger partial charge in [0.2, 0.25) is 5.91 Å². The molecule has 0 aliphatic carbocycles. The highest BCUT2D eigenvalue weighted by molar-refractivity contribution is 7.90. The molecule has 1 saturated heterocycles. The van der Waals surface area contributed by atoms with Gasteiger partial charge in [-0.3, -0.25) is 4.79 Å². The topological polar surface area (TPSA) is 92.3 Å². The molecule has 1 aromatic heterocycles. The molecule has 116 valence electrons. The molecule has 1 aromatic carbocycles. The molecule has 3 rings (SSSR count). The summed E-state index contributed by atoms with van der Waals surface area (Å²) in [7, 11) is -1.56. The number of anilines is 1. The number of hydrogen-bond acceptors (Lipinski definition) is 6. The highest BCUT2D eigenvalue weighted by Crippen LogP contribution is 2.25. The Balaban J connectivity index is 2.04. The number of aromatic nitrogens is 2. The zero-order chi connectivity index (χ0) is 15.9. The highest BCUT2D eigenvalue weighted by Gasteiger charge is 2.29. The number of nitrogens with one attached hydrogen (secondary N) is 1. The van der Waals surface area contributed by atoms with Gasteiger partial charge in [0.05, 0.1) is 10.4 Å². The van der Waals surface area contributed by atoms with Crippen molar-refractivity contribution < 1.29 is 13.2 Å². The molecule has 1 atom stereocenters. The average molecular weight is 320 g/mol. The van der Waals surface area contributed by atoms with Crippen LogP contribution in [-0.4, -0.2) is 55.1 Å². The Hall–Kier alpha value is -2.22. The minimum absolute atomic E-state index is 0.00558. The van der Waals surface area contributed by atoms with E-state index in [1.165, 1.54) is 18.5 Å². The predicted octanol–water partition coefficient (Wildman–Crippen LogP) is 0.676. The number of carbonyl (C=O) groups is 1. The Labute approximate surface area is 128 Å². The zero-order valence-corrected chi connectivity index (χ0v) is 13.1. The summed E-state index contributed by atoms with van der Waals surface area (Å²) < 4.78 is 23.4. The van der Waals surface area contributed by atoms with Crippen LogP contribution in [0.5, 0.6) is 0 Å². The first-order chi connectivity index (χ1) is 10.4. The van der Waals surface area contributed by atoms with Gasteiger partial charge in [-0.15, -0.1) is 0 Å². The van der Waals surface area contributed by atoms with E-state index in [1.807, 2.05) is 0 Å². The van der Waals surface area contributed by atoms with Gasteiger partial charge >= 0.3 is 0 Å². The fourth-order valence-electron chi connectivity index (χ4n) is 2.50. The second-order valence-electron chi connectivity index (χ2n) is 5.42. The van der Waals surface area contributed by atoms with Gasteiger partial charge in [0.15, 0.2) is 9.84 Å². The normalized spacial score (nSPS) is 18.9. The predicted molar refractivity (Wildman–Crippen MR) is 82.3 cm³/mol. The van der Waals surface area contributed by atoms with Crippen LogP contribution >= 0.6 is 0 Å². The average Bonchev–Trinajstić information content (AvgIpc) is 2.78. The minimum atomic E-state index is -3.32. The Morgan fingerprint density at radius 2 is 2.09 bits per heavy atom. The van der Waals surface area contributed by atoms with Crippen molar-refractivity contribution in [2.45, 2.75) is 17.4 Å². The number of nitrogens with zero attached hydrogens (tertiary/aromatic N) is 3. The van der Waals surface area contributed by atoms with Crippen molar-refractivity contribution in [1.29, 1.82) is 0 Å². The molecule has 1 aliphatic rings. The number of hydrogen-bond donors (Lipinski definition) is 1. The van der Waals surface area contributed by atoms with Crippen LogP contribution in [0.1, 0.15) is 6.42 Å². The van der Waals surface area contributed by atoms with E-state index in [0.29, 0.717) is 29.7 Å². The van der Waals surface area contributed by atoms with Crippen molar-refractivity contribution in [3.8, 4) is 0 Å². The molecule has 7 nitrogen and oxygen atoms in total. The van der Waals surface area contributed by atoms with Gasteiger partial charge in [-0.05, 0) is 24.6 Å². The number of fused-ring (bicyclic) bond motifs is 1. The van der Waals surface area contributed by atoms with Gasteiger partial charge in [0.25, 0.3) is 0 Å². The summed E-state index contributed by atoms with van der Waals surface area (Å²) in [5.74, 6) is 0.482. The lowest BCUT2D eigenvalue weighted by Crippen LogP contribution is -2.31. The fraction of sp³-hybridized carbons (Fsp3) is 0.357. The molecule has 22 heavy (non-hydrogen) atoms. The molecule has 1 aliphatic heterocycles. The van der Waals surface area contributed by atoms with Crippen LogP contribution in [0.4, 0.5) is 5.82 Å². The standard InChI is InChI=1S/C14H16N4O3S/c1-18-6-5-12(14(18)19)17-13-10-7-9(22(2,20)21)3-4-11(10)15-8-16-13/h3-4,7-8,12H,5-6H2,1-2H3,(H,15,16,17). The Bertz CT molecular complexity index is 850. The fourth-order valence-corrected chi connectivity index (χ4v) is 3.15. The van der Waals surface area contributed by atoms with Gasteiger partial charge < -0.3 is 10.2 Å². The number of rotatable bonds is 3. The summed E-state index contributed by atoms with van der Waals surface area (Å²) >= 11 is 0. The van der Waals surface area contributed by atoms with Crippen LogP contribution in [0.3, 0.4) is 0 Å². The van der Waals surface area contributed by atoms with Crippen molar-refractivity contribution in [3.05, 3.63) is 24.5 Å². The van der Waals surface area contributed by atoms with Crippen molar-refractivity contribution >= 4 is 32.5 Å². The molecule has 0 radical (unpaired) electrons. The van der Waals surface area contributed by atoms with E-state index in [0.717, 1.165) is 6.26 Å². The quantitative estimate of drug-likeness (QED) is 0.894. The van der Waals surface area contributed by atoms with Gasteiger partial charge in [0, 0.05) is 25.2 Å². The Kier molecular flexibility index (Phi) is 3.48. The van der Waals surface area contributed by atoms with Gasteiger partial charge in [-0.1, -0.05) is 0 Å². The van der Waals surface area contributed by atoms with Gasteiger partial charge in [0.1, 0.15) is 18.2 Å². The summed E-state index contributed by atoms with van der Waals surface area (Å²) in [4.78, 5) is 22.2. The van der Waals surface area contributed by atoms with Crippen LogP contribution in [0, 0.1) is 0 Å². The zero-order valence-electron chi connectivity index (χ0n) is 12.3. The maximum absolute atomic E-state index is 12.0. The highest BCUT2D eigenvalue weighted by atomic mass is 32.2. The number of likely N-dealkylation sites (tertiary alicyclic amines) is 1. The van der Waals surface area contributed by atoms with E-state index in [1.54, 1.807) is 18.0 Å². The second kappa shape index (κ2) is 5.20. The molecular weight excluding hydrogens is 304 g/mol. The molecule has 0 spiro atoms. The maximum Gasteiger partial charge on any atom is 0.244 e. The molecule has 0 saturated carbocycles. The molecule has 8 heteroatoms. The van der Waals surface area contributed by atoms with E-state index in [4.69, 9.17) is 0 Å². The smallest absolute Gasteiger partial charge is 0.244 e. The number of amides is 1. The van der Waals surface area contributed by atoms with Crippen molar-refractivity contribution in [3.63, 3.8) is 0 Å². The number of benzene rings is 1. The molecule has 1 amide bonds. The van der Waals surface area contributed by atoms with E-state index < -0.39 is 9.84 Å². The first-order valence-electron chi connectivity index (χ1n) is 6.82. The first kappa shape index (κ1) is 14.7. The third-order valence-corrected chi connectivity index (χ3v) is 4.88.